The van der Waals surface area contributed by atoms with E-state index < -0.39 is 0 Å². The average molecular weight is 319 g/mol. The zero-order valence-electron chi connectivity index (χ0n) is 10.9. The third-order valence-corrected chi connectivity index (χ3v) is 3.31. The molecule has 0 aliphatic heterocycles. The highest BCUT2D eigenvalue weighted by Crippen LogP contribution is 2.28. The lowest BCUT2D eigenvalue weighted by Crippen LogP contribution is -2.39. The first-order valence-electron chi connectivity index (χ1n) is 5.62. The molecule has 102 valence electrons. The second-order valence-electron chi connectivity index (χ2n) is 3.89. The monoisotopic (exact) mass is 318 g/mol. The summed E-state index contributed by atoms with van der Waals surface area (Å²) in [6.45, 7) is 3.96. The summed E-state index contributed by atoms with van der Waals surface area (Å²) in [5.74, 6) is 1.18. The van der Waals surface area contributed by atoms with E-state index in [9.17, 15) is 0 Å². The molecule has 2 N–H and O–H groups in total. The number of rotatable bonds is 7. The Morgan fingerprint density at radius 1 is 1.39 bits per heavy atom. The largest absolute Gasteiger partial charge is 0.383 e. The summed E-state index contributed by atoms with van der Waals surface area (Å²) in [6, 6.07) is 0.163. The van der Waals surface area contributed by atoms with Crippen molar-refractivity contribution in [1.82, 2.24) is 9.97 Å². The van der Waals surface area contributed by atoms with Crippen LogP contribution in [0.25, 0.3) is 0 Å². The molecule has 1 heterocycles. The van der Waals surface area contributed by atoms with Gasteiger partial charge in [0.25, 0.3) is 0 Å². The summed E-state index contributed by atoms with van der Waals surface area (Å²) in [4.78, 5) is 10.3. The molecule has 1 unspecified atom stereocenters. The lowest BCUT2D eigenvalue weighted by Gasteiger charge is -2.30. The maximum atomic E-state index is 5.77. The van der Waals surface area contributed by atoms with E-state index in [2.05, 4.69) is 37.7 Å². The molecule has 1 atom stereocenters. The van der Waals surface area contributed by atoms with Crippen LogP contribution in [0, 0.1) is 0 Å². The number of aromatic nitrogens is 2. The van der Waals surface area contributed by atoms with Crippen LogP contribution in [0.5, 0.6) is 0 Å². The zero-order valence-corrected chi connectivity index (χ0v) is 12.5. The first-order valence-corrected chi connectivity index (χ1v) is 6.41. The van der Waals surface area contributed by atoms with Gasteiger partial charge in [0, 0.05) is 20.8 Å². The van der Waals surface area contributed by atoms with E-state index in [-0.39, 0.29) is 6.04 Å². The fraction of sp³-hybridized carbons (Fsp3) is 0.636. The van der Waals surface area contributed by atoms with Gasteiger partial charge >= 0.3 is 0 Å². The lowest BCUT2D eigenvalue weighted by molar-refractivity contribution is 0.170. The summed E-state index contributed by atoms with van der Waals surface area (Å²) in [6.07, 6.45) is 1.45. The van der Waals surface area contributed by atoms with Gasteiger partial charge in [0.15, 0.2) is 0 Å². The van der Waals surface area contributed by atoms with Gasteiger partial charge in [-0.15, -0.1) is 0 Å². The summed E-state index contributed by atoms with van der Waals surface area (Å²) < 4.78 is 11.0. The Balaban J connectivity index is 2.97. The van der Waals surface area contributed by atoms with Gasteiger partial charge in [-0.3, -0.25) is 0 Å². The highest BCUT2D eigenvalue weighted by Gasteiger charge is 2.19. The summed E-state index contributed by atoms with van der Waals surface area (Å²) in [5, 5.41) is 0. The maximum Gasteiger partial charge on any atom is 0.148 e. The number of ether oxygens (including phenoxy) is 2. The Morgan fingerprint density at radius 3 is 2.72 bits per heavy atom. The summed E-state index contributed by atoms with van der Waals surface area (Å²) in [7, 11) is 3.34. The van der Waals surface area contributed by atoms with Crippen molar-refractivity contribution in [2.45, 2.75) is 13.0 Å². The predicted molar refractivity (Wildman–Crippen MR) is 74.7 cm³/mol. The molecule has 0 saturated carbocycles. The number of anilines is 2. The second kappa shape index (κ2) is 7.50. The van der Waals surface area contributed by atoms with Gasteiger partial charge in [-0.1, -0.05) is 0 Å². The standard InChI is InChI=1S/C11H19BrN4O2/c1-8(6-18-3)16(4-5-17-2)11-9(12)10(13)14-7-15-11/h7-8H,4-6H2,1-3H3,(H2,13,14,15). The first-order chi connectivity index (χ1) is 8.61. The molecule has 0 aliphatic rings. The van der Waals surface area contributed by atoms with E-state index in [4.69, 9.17) is 15.2 Å². The van der Waals surface area contributed by atoms with Crippen LogP contribution in [0.3, 0.4) is 0 Å². The predicted octanol–water partition coefficient (Wildman–Crippen LogP) is 1.31. The van der Waals surface area contributed by atoms with E-state index in [0.29, 0.717) is 30.0 Å². The van der Waals surface area contributed by atoms with Gasteiger partial charge in [-0.05, 0) is 22.9 Å². The Labute approximate surface area is 116 Å². The number of nitrogen functional groups attached to an aromatic ring is 1. The molecule has 0 fully saturated rings. The molecule has 0 bridgehead atoms. The van der Waals surface area contributed by atoms with Gasteiger partial charge in [0.2, 0.25) is 0 Å². The number of hydrogen-bond donors (Lipinski definition) is 1. The van der Waals surface area contributed by atoms with Crippen molar-refractivity contribution in [2.24, 2.45) is 0 Å². The topological polar surface area (TPSA) is 73.5 Å². The molecule has 1 rings (SSSR count). The van der Waals surface area contributed by atoms with Crippen molar-refractivity contribution in [3.63, 3.8) is 0 Å². The summed E-state index contributed by atoms with van der Waals surface area (Å²) >= 11 is 3.42. The molecule has 7 heteroatoms. The average Bonchev–Trinajstić information content (AvgIpc) is 2.35. The molecule has 0 saturated heterocycles. The number of nitrogens with two attached hydrogens (primary N) is 1. The van der Waals surface area contributed by atoms with Gasteiger partial charge in [0.05, 0.1) is 19.3 Å². The van der Waals surface area contributed by atoms with Crippen LogP contribution in [-0.4, -0.2) is 50.0 Å². The van der Waals surface area contributed by atoms with E-state index in [1.807, 2.05) is 0 Å². The number of halogens is 1. The number of hydrogen-bond acceptors (Lipinski definition) is 6. The molecule has 0 spiro atoms. The van der Waals surface area contributed by atoms with E-state index in [0.717, 1.165) is 5.82 Å². The summed E-state index contributed by atoms with van der Waals surface area (Å²) in [5.41, 5.74) is 5.77. The Bertz CT molecular complexity index is 378. The minimum absolute atomic E-state index is 0.163. The van der Waals surface area contributed by atoms with Gasteiger partial charge < -0.3 is 20.1 Å². The molecule has 1 aromatic heterocycles. The molecule has 0 amide bonds. The van der Waals surface area contributed by atoms with E-state index in [1.165, 1.54) is 6.33 Å². The van der Waals surface area contributed by atoms with Gasteiger partial charge in [-0.2, -0.15) is 0 Å². The minimum Gasteiger partial charge on any atom is -0.383 e. The van der Waals surface area contributed by atoms with E-state index >= 15 is 0 Å². The van der Waals surface area contributed by atoms with Crippen LogP contribution >= 0.6 is 15.9 Å². The smallest absolute Gasteiger partial charge is 0.148 e. The van der Waals surface area contributed by atoms with Crippen LogP contribution in [0.2, 0.25) is 0 Å². The third-order valence-electron chi connectivity index (χ3n) is 2.55. The van der Waals surface area contributed by atoms with Crippen LogP contribution in [-0.2, 0) is 9.47 Å². The van der Waals surface area contributed by atoms with Crippen molar-refractivity contribution in [3.8, 4) is 0 Å². The minimum atomic E-state index is 0.163. The third kappa shape index (κ3) is 3.79. The second-order valence-corrected chi connectivity index (χ2v) is 4.68. The molecular formula is C11H19BrN4O2. The van der Waals surface area contributed by atoms with Crippen LogP contribution in [0.1, 0.15) is 6.92 Å². The SMILES string of the molecule is COCCN(c1ncnc(N)c1Br)C(C)COC. The fourth-order valence-electron chi connectivity index (χ4n) is 1.63. The maximum absolute atomic E-state index is 5.77. The molecular weight excluding hydrogens is 300 g/mol. The molecule has 0 radical (unpaired) electrons. The number of methoxy groups -OCH3 is 2. The Kier molecular flexibility index (Phi) is 6.31. The Hall–Kier alpha value is -0.920. The quantitative estimate of drug-likeness (QED) is 0.817. The van der Waals surface area contributed by atoms with E-state index in [1.54, 1.807) is 14.2 Å². The normalized spacial score (nSPS) is 12.4. The first kappa shape index (κ1) is 15.1. The molecule has 0 aliphatic carbocycles. The molecule has 0 aromatic carbocycles. The zero-order chi connectivity index (χ0) is 13.5. The van der Waals surface area contributed by atoms with Crippen LogP contribution in [0.4, 0.5) is 11.6 Å². The molecule has 18 heavy (non-hydrogen) atoms. The molecule has 6 nitrogen and oxygen atoms in total. The molecule has 1 aromatic rings. The van der Waals surface area contributed by atoms with Crippen LogP contribution < -0.4 is 10.6 Å². The van der Waals surface area contributed by atoms with Crippen molar-refractivity contribution in [2.75, 3.05) is 44.6 Å². The number of nitrogens with zero attached hydrogens (tertiary/aromatic N) is 3. The fourth-order valence-corrected chi connectivity index (χ4v) is 2.06. The highest BCUT2D eigenvalue weighted by atomic mass is 79.9. The van der Waals surface area contributed by atoms with Crippen molar-refractivity contribution in [3.05, 3.63) is 10.8 Å². The van der Waals surface area contributed by atoms with Crippen molar-refractivity contribution in [1.29, 1.82) is 0 Å². The lowest BCUT2D eigenvalue weighted by atomic mass is 10.3. The van der Waals surface area contributed by atoms with Gasteiger partial charge in [0.1, 0.15) is 22.4 Å². The van der Waals surface area contributed by atoms with Crippen LogP contribution in [0.15, 0.2) is 10.8 Å². The van der Waals surface area contributed by atoms with Crippen molar-refractivity contribution >= 4 is 27.6 Å². The van der Waals surface area contributed by atoms with Crippen molar-refractivity contribution < 1.29 is 9.47 Å². The highest BCUT2D eigenvalue weighted by molar-refractivity contribution is 9.10. The Morgan fingerprint density at radius 2 is 2.11 bits per heavy atom. The van der Waals surface area contributed by atoms with Gasteiger partial charge in [-0.25, -0.2) is 9.97 Å².